The van der Waals surface area contributed by atoms with Crippen LogP contribution in [-0.2, 0) is 6.54 Å². The summed E-state index contributed by atoms with van der Waals surface area (Å²) in [5.41, 5.74) is 0.744. The lowest BCUT2D eigenvalue weighted by Crippen LogP contribution is -2.48. The molecule has 134 valence electrons. The number of benzene rings is 2. The number of halogens is 2. The Hall–Kier alpha value is -2.31. The first-order valence-corrected chi connectivity index (χ1v) is 9.36. The molecule has 1 fully saturated rings. The number of hydrogen-bond donors (Lipinski definition) is 0. The van der Waals surface area contributed by atoms with Crippen LogP contribution in [0.15, 0.2) is 48.5 Å². The number of rotatable bonds is 3. The zero-order chi connectivity index (χ0) is 18.1. The van der Waals surface area contributed by atoms with Crippen molar-refractivity contribution < 1.29 is 13.6 Å². The zero-order valence-electron chi connectivity index (χ0n) is 14.1. The number of piperazine rings is 1. The maximum absolute atomic E-state index is 13.3. The number of amides is 1. The van der Waals surface area contributed by atoms with Gasteiger partial charge in [0.25, 0.3) is 5.91 Å². The van der Waals surface area contributed by atoms with Gasteiger partial charge in [0, 0.05) is 37.4 Å². The van der Waals surface area contributed by atoms with E-state index in [9.17, 15) is 13.6 Å². The molecular formula is C20H18F2N2OS. The first-order valence-electron chi connectivity index (χ1n) is 8.54. The minimum Gasteiger partial charge on any atom is -0.335 e. The number of thiophene rings is 1. The Morgan fingerprint density at radius 1 is 0.962 bits per heavy atom. The van der Waals surface area contributed by atoms with Crippen LogP contribution in [0.3, 0.4) is 0 Å². The summed E-state index contributed by atoms with van der Waals surface area (Å²) in [5, 5.41) is 1.10. The van der Waals surface area contributed by atoms with Crippen LogP contribution in [0.4, 0.5) is 8.78 Å². The van der Waals surface area contributed by atoms with Gasteiger partial charge in [0.15, 0.2) is 11.6 Å². The van der Waals surface area contributed by atoms with E-state index in [1.807, 2.05) is 35.2 Å². The molecule has 3 nitrogen and oxygen atoms in total. The van der Waals surface area contributed by atoms with Crippen LogP contribution >= 0.6 is 11.3 Å². The van der Waals surface area contributed by atoms with Crippen molar-refractivity contribution in [2.75, 3.05) is 26.2 Å². The molecule has 1 saturated heterocycles. The lowest BCUT2D eigenvalue weighted by molar-refractivity contribution is 0.0633. The van der Waals surface area contributed by atoms with Gasteiger partial charge in [-0.15, -0.1) is 11.3 Å². The van der Waals surface area contributed by atoms with E-state index in [-0.39, 0.29) is 5.91 Å². The summed E-state index contributed by atoms with van der Waals surface area (Å²) < 4.78 is 27.5. The Bertz CT molecular complexity index is 915. The molecule has 1 aromatic heterocycles. The molecule has 26 heavy (non-hydrogen) atoms. The second-order valence-electron chi connectivity index (χ2n) is 6.47. The molecule has 0 unspecified atom stereocenters. The van der Waals surface area contributed by atoms with Gasteiger partial charge in [-0.3, -0.25) is 9.69 Å². The molecule has 6 heteroatoms. The molecule has 0 atom stereocenters. The van der Waals surface area contributed by atoms with E-state index in [0.29, 0.717) is 19.6 Å². The molecule has 3 aromatic rings. The van der Waals surface area contributed by atoms with Crippen LogP contribution in [0.2, 0.25) is 0 Å². The first kappa shape index (κ1) is 17.1. The van der Waals surface area contributed by atoms with Crippen LogP contribution in [0, 0.1) is 11.6 Å². The minimum atomic E-state index is -0.826. The van der Waals surface area contributed by atoms with Crippen molar-refractivity contribution in [2.45, 2.75) is 6.54 Å². The van der Waals surface area contributed by atoms with E-state index < -0.39 is 11.6 Å². The predicted octanol–water partition coefficient (Wildman–Crippen LogP) is 4.14. The average molecular weight is 372 g/mol. The molecule has 0 aliphatic carbocycles. The van der Waals surface area contributed by atoms with E-state index in [2.05, 4.69) is 4.90 Å². The number of fused-ring (bicyclic) bond motifs is 1. The van der Waals surface area contributed by atoms with Crippen LogP contribution in [0.1, 0.15) is 15.2 Å². The Morgan fingerprint density at radius 2 is 1.73 bits per heavy atom. The summed E-state index contributed by atoms with van der Waals surface area (Å²) in [4.78, 5) is 17.5. The SMILES string of the molecule is O=C(c1cc2ccccc2s1)N1CCN(Cc2ccc(F)c(F)c2)CC1. The topological polar surface area (TPSA) is 23.6 Å². The van der Waals surface area contributed by atoms with Crippen LogP contribution < -0.4 is 0 Å². The standard InChI is InChI=1S/C20H18F2N2OS/c21-16-6-5-14(11-17(16)22)13-23-7-9-24(10-8-23)20(25)19-12-15-3-1-2-4-18(15)26-19/h1-6,11-12H,7-10,13H2. The predicted molar refractivity (Wildman–Crippen MR) is 99.4 cm³/mol. The van der Waals surface area contributed by atoms with Gasteiger partial charge >= 0.3 is 0 Å². The summed E-state index contributed by atoms with van der Waals surface area (Å²) in [7, 11) is 0. The van der Waals surface area contributed by atoms with Gasteiger partial charge in [0.1, 0.15) is 0 Å². The molecule has 4 rings (SSSR count). The number of carbonyl (C=O) groups excluding carboxylic acids is 1. The summed E-state index contributed by atoms with van der Waals surface area (Å²) in [6.07, 6.45) is 0. The Kier molecular flexibility index (Phi) is 4.70. The van der Waals surface area contributed by atoms with Gasteiger partial charge in [-0.05, 0) is 35.2 Å². The van der Waals surface area contributed by atoms with Crippen molar-refractivity contribution in [2.24, 2.45) is 0 Å². The highest BCUT2D eigenvalue weighted by atomic mass is 32.1. The molecule has 1 aliphatic rings. The largest absolute Gasteiger partial charge is 0.335 e. The third-order valence-corrected chi connectivity index (χ3v) is 5.79. The number of nitrogens with zero attached hydrogens (tertiary/aromatic N) is 2. The lowest BCUT2D eigenvalue weighted by atomic mass is 10.2. The smallest absolute Gasteiger partial charge is 0.264 e. The van der Waals surface area contributed by atoms with Crippen molar-refractivity contribution in [3.63, 3.8) is 0 Å². The second-order valence-corrected chi connectivity index (χ2v) is 7.55. The fourth-order valence-corrected chi connectivity index (χ4v) is 4.28. The van der Waals surface area contributed by atoms with Crippen LogP contribution in [0.25, 0.3) is 10.1 Å². The van der Waals surface area contributed by atoms with Crippen molar-refractivity contribution in [3.05, 3.63) is 70.6 Å². The molecule has 2 heterocycles. The molecule has 2 aromatic carbocycles. The van der Waals surface area contributed by atoms with Crippen molar-refractivity contribution in [3.8, 4) is 0 Å². The van der Waals surface area contributed by atoms with E-state index >= 15 is 0 Å². The Labute approximate surface area is 154 Å². The highest BCUT2D eigenvalue weighted by molar-refractivity contribution is 7.20. The van der Waals surface area contributed by atoms with Gasteiger partial charge in [-0.25, -0.2) is 8.78 Å². The maximum Gasteiger partial charge on any atom is 0.264 e. The summed E-state index contributed by atoms with van der Waals surface area (Å²) >= 11 is 1.52. The van der Waals surface area contributed by atoms with Gasteiger partial charge in [0.05, 0.1) is 4.88 Å². The Morgan fingerprint density at radius 3 is 2.46 bits per heavy atom. The third kappa shape index (κ3) is 3.48. The second kappa shape index (κ2) is 7.13. The summed E-state index contributed by atoms with van der Waals surface area (Å²) in [6.45, 7) is 3.26. The maximum atomic E-state index is 13.3. The molecule has 0 radical (unpaired) electrons. The van der Waals surface area contributed by atoms with Crippen molar-refractivity contribution in [1.82, 2.24) is 9.80 Å². The number of hydrogen-bond acceptors (Lipinski definition) is 3. The van der Waals surface area contributed by atoms with Crippen LogP contribution in [-0.4, -0.2) is 41.9 Å². The summed E-state index contributed by atoms with van der Waals surface area (Å²) in [5.74, 6) is -1.58. The van der Waals surface area contributed by atoms with Gasteiger partial charge in [-0.2, -0.15) is 0 Å². The van der Waals surface area contributed by atoms with Gasteiger partial charge in [0.2, 0.25) is 0 Å². The Balaban J connectivity index is 1.38. The zero-order valence-corrected chi connectivity index (χ0v) is 14.9. The minimum absolute atomic E-state index is 0.0682. The van der Waals surface area contributed by atoms with E-state index in [0.717, 1.165) is 39.7 Å². The molecule has 0 spiro atoms. The fourth-order valence-electron chi connectivity index (χ4n) is 3.25. The third-order valence-electron chi connectivity index (χ3n) is 4.69. The van der Waals surface area contributed by atoms with Gasteiger partial charge < -0.3 is 4.90 Å². The molecule has 1 aliphatic heterocycles. The highest BCUT2D eigenvalue weighted by Gasteiger charge is 2.23. The van der Waals surface area contributed by atoms with E-state index in [1.54, 1.807) is 6.07 Å². The molecular weight excluding hydrogens is 354 g/mol. The molecule has 0 N–H and O–H groups in total. The van der Waals surface area contributed by atoms with Crippen molar-refractivity contribution >= 4 is 27.3 Å². The fraction of sp³-hybridized carbons (Fsp3) is 0.250. The molecule has 1 amide bonds. The number of carbonyl (C=O) groups is 1. The monoisotopic (exact) mass is 372 g/mol. The molecule has 0 saturated carbocycles. The van der Waals surface area contributed by atoms with E-state index in [4.69, 9.17) is 0 Å². The molecule has 0 bridgehead atoms. The summed E-state index contributed by atoms with van der Waals surface area (Å²) in [6, 6.07) is 13.9. The first-order chi connectivity index (χ1) is 12.6. The average Bonchev–Trinajstić information content (AvgIpc) is 3.09. The van der Waals surface area contributed by atoms with Crippen LogP contribution in [0.5, 0.6) is 0 Å². The normalized spacial score (nSPS) is 15.5. The van der Waals surface area contributed by atoms with Crippen molar-refractivity contribution in [1.29, 1.82) is 0 Å². The quantitative estimate of drug-likeness (QED) is 0.690. The lowest BCUT2D eigenvalue weighted by Gasteiger charge is -2.34. The highest BCUT2D eigenvalue weighted by Crippen LogP contribution is 2.26. The van der Waals surface area contributed by atoms with Gasteiger partial charge in [-0.1, -0.05) is 24.3 Å². The van der Waals surface area contributed by atoms with E-state index in [1.165, 1.54) is 17.4 Å².